The predicted octanol–water partition coefficient (Wildman–Crippen LogP) is 2.12. The molecule has 0 aromatic heterocycles. The number of hydrogen-bond donors (Lipinski definition) is 1. The van der Waals surface area contributed by atoms with Crippen LogP contribution in [0.25, 0.3) is 0 Å². The molecule has 0 amide bonds. The first-order valence-electron chi connectivity index (χ1n) is 7.16. The molecule has 5 heteroatoms. The van der Waals surface area contributed by atoms with Gasteiger partial charge in [0.05, 0.1) is 4.90 Å². The van der Waals surface area contributed by atoms with Crippen LogP contribution in [0.1, 0.15) is 31.4 Å². The van der Waals surface area contributed by atoms with Crippen molar-refractivity contribution in [3.8, 4) is 0 Å². The molecule has 2 rings (SSSR count). The van der Waals surface area contributed by atoms with Crippen molar-refractivity contribution < 1.29 is 8.42 Å². The normalized spacial score (nSPS) is 20.8. The van der Waals surface area contributed by atoms with E-state index in [-0.39, 0.29) is 0 Å². The van der Waals surface area contributed by atoms with Gasteiger partial charge in [-0.15, -0.1) is 0 Å². The zero-order chi connectivity index (χ0) is 14.9. The summed E-state index contributed by atoms with van der Waals surface area (Å²) < 4.78 is 26.9. The molecule has 1 unspecified atom stereocenters. The van der Waals surface area contributed by atoms with Gasteiger partial charge in [0, 0.05) is 19.6 Å². The predicted molar refractivity (Wildman–Crippen MR) is 80.8 cm³/mol. The van der Waals surface area contributed by atoms with Gasteiger partial charge in [-0.1, -0.05) is 19.9 Å². The van der Waals surface area contributed by atoms with E-state index in [1.54, 1.807) is 16.4 Å². The zero-order valence-electron chi connectivity index (χ0n) is 12.5. The average Bonchev–Trinajstić information content (AvgIpc) is 2.89. The number of nitrogens with zero attached hydrogens (tertiary/aromatic N) is 1. The van der Waals surface area contributed by atoms with Gasteiger partial charge in [0.15, 0.2) is 0 Å². The van der Waals surface area contributed by atoms with Gasteiger partial charge in [-0.3, -0.25) is 0 Å². The van der Waals surface area contributed by atoms with Crippen molar-refractivity contribution in [1.82, 2.24) is 4.31 Å². The summed E-state index contributed by atoms with van der Waals surface area (Å²) in [6.07, 6.45) is 0.955. The highest BCUT2D eigenvalue weighted by Gasteiger charge is 2.33. The van der Waals surface area contributed by atoms with E-state index >= 15 is 0 Å². The minimum atomic E-state index is -3.36. The molecule has 0 bridgehead atoms. The van der Waals surface area contributed by atoms with Gasteiger partial charge in [-0.2, -0.15) is 4.31 Å². The number of hydrogen-bond acceptors (Lipinski definition) is 3. The lowest BCUT2D eigenvalue weighted by atomic mass is 9.96. The third-order valence-corrected chi connectivity index (χ3v) is 6.16. The van der Waals surface area contributed by atoms with Crippen molar-refractivity contribution in [2.75, 3.05) is 13.1 Å². The molecule has 1 fully saturated rings. The minimum absolute atomic E-state index is 0.386. The summed E-state index contributed by atoms with van der Waals surface area (Å²) in [5, 5.41) is 0. The van der Waals surface area contributed by atoms with Gasteiger partial charge in [0.25, 0.3) is 0 Å². The van der Waals surface area contributed by atoms with Crippen LogP contribution in [0.3, 0.4) is 0 Å². The van der Waals surface area contributed by atoms with Crippen molar-refractivity contribution in [3.63, 3.8) is 0 Å². The molecule has 0 aliphatic carbocycles. The van der Waals surface area contributed by atoms with E-state index in [9.17, 15) is 8.42 Å². The van der Waals surface area contributed by atoms with Gasteiger partial charge in [-0.25, -0.2) is 8.42 Å². The van der Waals surface area contributed by atoms with Gasteiger partial charge < -0.3 is 5.73 Å². The van der Waals surface area contributed by atoms with E-state index in [1.165, 1.54) is 0 Å². The molecule has 112 valence electrons. The number of aryl methyl sites for hydroxylation is 1. The highest BCUT2D eigenvalue weighted by Crippen LogP contribution is 2.29. The molecule has 4 nitrogen and oxygen atoms in total. The Kier molecular flexibility index (Phi) is 4.52. The zero-order valence-corrected chi connectivity index (χ0v) is 13.3. The SMILES string of the molecule is Cc1cc(S(=O)(=O)N2CCC(C(C)C)C2)ccc1CN. The maximum atomic E-state index is 12.6. The minimum Gasteiger partial charge on any atom is -0.326 e. The van der Waals surface area contributed by atoms with Crippen LogP contribution in [-0.4, -0.2) is 25.8 Å². The molecule has 0 spiro atoms. The largest absolute Gasteiger partial charge is 0.326 e. The lowest BCUT2D eigenvalue weighted by Gasteiger charge is -2.18. The molecule has 1 aliphatic rings. The van der Waals surface area contributed by atoms with Crippen LogP contribution >= 0.6 is 0 Å². The smallest absolute Gasteiger partial charge is 0.243 e. The van der Waals surface area contributed by atoms with Crippen molar-refractivity contribution >= 4 is 10.0 Å². The summed E-state index contributed by atoms with van der Waals surface area (Å²) in [7, 11) is -3.36. The highest BCUT2D eigenvalue weighted by atomic mass is 32.2. The van der Waals surface area contributed by atoms with Crippen molar-refractivity contribution in [1.29, 1.82) is 0 Å². The van der Waals surface area contributed by atoms with Gasteiger partial charge >= 0.3 is 0 Å². The second-order valence-electron chi connectivity index (χ2n) is 5.95. The Hall–Kier alpha value is -0.910. The molecule has 1 aromatic rings. The molecule has 2 N–H and O–H groups in total. The Labute approximate surface area is 122 Å². The second kappa shape index (κ2) is 5.84. The Morgan fingerprint density at radius 2 is 2.10 bits per heavy atom. The third-order valence-electron chi connectivity index (χ3n) is 4.30. The fraction of sp³-hybridized carbons (Fsp3) is 0.600. The van der Waals surface area contributed by atoms with Crippen LogP contribution in [0.15, 0.2) is 23.1 Å². The Morgan fingerprint density at radius 1 is 1.40 bits per heavy atom. The summed E-state index contributed by atoms with van der Waals surface area (Å²) >= 11 is 0. The number of sulfonamides is 1. The lowest BCUT2D eigenvalue weighted by Crippen LogP contribution is -2.29. The summed E-state index contributed by atoms with van der Waals surface area (Å²) in [6, 6.07) is 5.23. The summed E-state index contributed by atoms with van der Waals surface area (Å²) in [5.41, 5.74) is 7.55. The molecule has 20 heavy (non-hydrogen) atoms. The van der Waals surface area contributed by atoms with Crippen LogP contribution in [0, 0.1) is 18.8 Å². The molecule has 0 saturated carbocycles. The van der Waals surface area contributed by atoms with Gasteiger partial charge in [0.2, 0.25) is 10.0 Å². The van der Waals surface area contributed by atoms with Gasteiger partial charge in [-0.05, 0) is 48.4 Å². The number of nitrogens with two attached hydrogens (primary N) is 1. The molecule has 1 heterocycles. The van der Waals surface area contributed by atoms with E-state index in [2.05, 4.69) is 13.8 Å². The van der Waals surface area contributed by atoms with Crippen molar-refractivity contribution in [2.45, 2.75) is 38.6 Å². The first-order chi connectivity index (χ1) is 9.36. The standard InChI is InChI=1S/C15H24N2O2S/c1-11(2)14-6-7-17(10-14)20(18,19)15-5-4-13(9-16)12(3)8-15/h4-5,8,11,14H,6-7,9-10,16H2,1-3H3. The lowest BCUT2D eigenvalue weighted by molar-refractivity contribution is 0.388. The number of benzene rings is 1. The maximum absolute atomic E-state index is 12.6. The molecule has 1 aromatic carbocycles. The van der Waals surface area contributed by atoms with Crippen LogP contribution in [-0.2, 0) is 16.6 Å². The molecule has 1 atom stereocenters. The molecule has 0 radical (unpaired) electrons. The van der Waals surface area contributed by atoms with E-state index in [0.29, 0.717) is 36.4 Å². The highest BCUT2D eigenvalue weighted by molar-refractivity contribution is 7.89. The van der Waals surface area contributed by atoms with Crippen LogP contribution < -0.4 is 5.73 Å². The summed E-state index contributed by atoms with van der Waals surface area (Å²) in [6.45, 7) is 7.91. The van der Waals surface area contributed by atoms with Crippen LogP contribution in [0.5, 0.6) is 0 Å². The van der Waals surface area contributed by atoms with E-state index in [1.807, 2.05) is 13.0 Å². The first kappa shape index (κ1) is 15.5. The quantitative estimate of drug-likeness (QED) is 0.925. The monoisotopic (exact) mass is 296 g/mol. The fourth-order valence-corrected chi connectivity index (χ4v) is 4.32. The van der Waals surface area contributed by atoms with Crippen molar-refractivity contribution in [2.24, 2.45) is 17.6 Å². The van der Waals surface area contributed by atoms with Crippen molar-refractivity contribution in [3.05, 3.63) is 29.3 Å². The topological polar surface area (TPSA) is 63.4 Å². The van der Waals surface area contributed by atoms with E-state index < -0.39 is 10.0 Å². The average molecular weight is 296 g/mol. The Morgan fingerprint density at radius 3 is 2.60 bits per heavy atom. The summed E-state index contributed by atoms with van der Waals surface area (Å²) in [4.78, 5) is 0.386. The molecule has 1 aliphatic heterocycles. The van der Waals surface area contributed by atoms with E-state index in [4.69, 9.17) is 5.73 Å². The first-order valence-corrected chi connectivity index (χ1v) is 8.60. The summed E-state index contributed by atoms with van der Waals surface area (Å²) in [5.74, 6) is 0.991. The Balaban J connectivity index is 2.25. The van der Waals surface area contributed by atoms with Gasteiger partial charge in [0.1, 0.15) is 0 Å². The molecule has 1 saturated heterocycles. The number of rotatable bonds is 4. The maximum Gasteiger partial charge on any atom is 0.243 e. The molecular weight excluding hydrogens is 272 g/mol. The van der Waals surface area contributed by atoms with Crippen LogP contribution in [0.4, 0.5) is 0 Å². The van der Waals surface area contributed by atoms with E-state index in [0.717, 1.165) is 17.5 Å². The second-order valence-corrected chi connectivity index (χ2v) is 7.89. The third kappa shape index (κ3) is 2.90. The molecular formula is C15H24N2O2S. The fourth-order valence-electron chi connectivity index (χ4n) is 2.72. The van der Waals surface area contributed by atoms with Crippen LogP contribution in [0.2, 0.25) is 0 Å². The Bertz CT molecular complexity index is 582.